The molecule has 0 heterocycles. The molecule has 0 saturated heterocycles. The van der Waals surface area contributed by atoms with E-state index in [-0.39, 0.29) is 23.3 Å². The molecule has 4 aromatic carbocycles. The summed E-state index contributed by atoms with van der Waals surface area (Å²) in [7, 11) is 0. The predicted octanol–water partition coefficient (Wildman–Crippen LogP) is 9.68. The van der Waals surface area contributed by atoms with Gasteiger partial charge in [0.05, 0.1) is 11.1 Å². The Morgan fingerprint density at radius 1 is 0.431 bits per heavy atom. The molecular weight excluding hydrogens is 652 g/mol. The third-order valence-electron chi connectivity index (χ3n) is 9.61. The lowest BCUT2D eigenvalue weighted by molar-refractivity contribution is -0.208. The molecule has 2 aliphatic carbocycles. The molecule has 264 valence electrons. The van der Waals surface area contributed by atoms with Gasteiger partial charge in [0.1, 0.15) is 12.2 Å². The standard InChI is InChI=1S/C41H40O10/c42-38(36-17-9-7-15-34(36)30-11-3-1-4-12-30)48-50-40(44)46-32-23-19-28(20-24-32)27-29-21-25-33(26-22-29)47-41(45)51-49-39(43)37-18-10-8-16-35(37)31-13-5-2-6-14-31/h1-18,28-29,32-33H,19-27H2. The van der Waals surface area contributed by atoms with Crippen molar-refractivity contribution in [2.45, 2.75) is 70.0 Å². The maximum absolute atomic E-state index is 12.7. The van der Waals surface area contributed by atoms with Gasteiger partial charge < -0.3 is 9.47 Å². The molecule has 0 unspecified atom stereocenters. The molecule has 10 nitrogen and oxygen atoms in total. The van der Waals surface area contributed by atoms with Crippen molar-refractivity contribution in [3.05, 3.63) is 120 Å². The fraction of sp³-hybridized carbons (Fsp3) is 0.317. The van der Waals surface area contributed by atoms with Crippen molar-refractivity contribution in [3.8, 4) is 22.3 Å². The van der Waals surface area contributed by atoms with Gasteiger partial charge in [0.25, 0.3) is 0 Å². The topological polar surface area (TPSA) is 124 Å². The largest absolute Gasteiger partial charge is 0.550 e. The minimum absolute atomic E-state index is 0.277. The Bertz CT molecular complexity index is 1640. The van der Waals surface area contributed by atoms with Crippen LogP contribution in [0.5, 0.6) is 0 Å². The van der Waals surface area contributed by atoms with Crippen molar-refractivity contribution < 1.29 is 48.2 Å². The summed E-state index contributed by atoms with van der Waals surface area (Å²) in [5, 5.41) is 0. The van der Waals surface area contributed by atoms with Gasteiger partial charge in [-0.15, -0.1) is 0 Å². The summed E-state index contributed by atoms with van der Waals surface area (Å²) in [6.45, 7) is 0. The molecule has 0 aromatic heterocycles. The maximum Gasteiger partial charge on any atom is 0.550 e. The van der Waals surface area contributed by atoms with E-state index in [0.29, 0.717) is 48.6 Å². The molecule has 2 aliphatic rings. The summed E-state index contributed by atoms with van der Waals surface area (Å²) in [5.41, 5.74) is 3.57. The lowest BCUT2D eigenvalue weighted by Gasteiger charge is -2.33. The average Bonchev–Trinajstić information content (AvgIpc) is 3.18. The van der Waals surface area contributed by atoms with Crippen molar-refractivity contribution >= 4 is 24.2 Å². The minimum atomic E-state index is -1.03. The Hall–Kier alpha value is -5.64. The van der Waals surface area contributed by atoms with Crippen LogP contribution in [0, 0.1) is 11.8 Å². The first kappa shape index (κ1) is 35.2. The third-order valence-corrected chi connectivity index (χ3v) is 9.61. The summed E-state index contributed by atoms with van der Waals surface area (Å²) in [6.07, 6.45) is 4.78. The highest BCUT2D eigenvalue weighted by Crippen LogP contribution is 2.37. The van der Waals surface area contributed by atoms with Crippen molar-refractivity contribution in [1.29, 1.82) is 0 Å². The summed E-state index contributed by atoms with van der Waals surface area (Å²) in [6, 6.07) is 32.7. The zero-order valence-electron chi connectivity index (χ0n) is 28.1. The van der Waals surface area contributed by atoms with Crippen LogP contribution in [0.4, 0.5) is 9.59 Å². The van der Waals surface area contributed by atoms with E-state index < -0.39 is 24.2 Å². The first-order valence-corrected chi connectivity index (χ1v) is 17.4. The molecule has 2 saturated carbocycles. The number of benzene rings is 4. The van der Waals surface area contributed by atoms with Crippen molar-refractivity contribution in [2.75, 3.05) is 0 Å². The Labute approximate surface area is 296 Å². The number of hydrogen-bond acceptors (Lipinski definition) is 10. The van der Waals surface area contributed by atoms with Gasteiger partial charge in [-0.05, 0) is 104 Å². The highest BCUT2D eigenvalue weighted by atomic mass is 17.2. The van der Waals surface area contributed by atoms with Crippen LogP contribution in [0.1, 0.15) is 78.5 Å². The molecule has 0 N–H and O–H groups in total. The first-order valence-electron chi connectivity index (χ1n) is 17.4. The van der Waals surface area contributed by atoms with Gasteiger partial charge in [-0.1, -0.05) is 97.1 Å². The van der Waals surface area contributed by atoms with E-state index in [1.54, 1.807) is 36.4 Å². The van der Waals surface area contributed by atoms with Gasteiger partial charge in [0, 0.05) is 0 Å². The highest BCUT2D eigenvalue weighted by Gasteiger charge is 2.31. The molecule has 10 heteroatoms. The van der Waals surface area contributed by atoms with Crippen LogP contribution in [0.2, 0.25) is 0 Å². The zero-order chi connectivity index (χ0) is 35.4. The van der Waals surface area contributed by atoms with E-state index in [1.165, 1.54) is 0 Å². The van der Waals surface area contributed by atoms with Crippen molar-refractivity contribution in [3.63, 3.8) is 0 Å². The summed E-state index contributed by atoms with van der Waals surface area (Å²) in [4.78, 5) is 69.2. The number of carbonyl (C=O) groups is 4. The predicted molar refractivity (Wildman–Crippen MR) is 186 cm³/mol. The smallest absolute Gasteiger partial charge is 0.428 e. The number of rotatable bonds is 8. The Balaban J connectivity index is 0.856. The first-order chi connectivity index (χ1) is 24.9. The van der Waals surface area contributed by atoms with E-state index >= 15 is 0 Å². The lowest BCUT2D eigenvalue weighted by Crippen LogP contribution is -2.28. The van der Waals surface area contributed by atoms with Crippen molar-refractivity contribution in [2.24, 2.45) is 11.8 Å². The fourth-order valence-electron chi connectivity index (χ4n) is 7.05. The Morgan fingerprint density at radius 3 is 1.18 bits per heavy atom. The van der Waals surface area contributed by atoms with E-state index in [9.17, 15) is 19.2 Å². The second-order valence-corrected chi connectivity index (χ2v) is 13.0. The van der Waals surface area contributed by atoms with E-state index in [1.807, 2.05) is 72.8 Å². The lowest BCUT2D eigenvalue weighted by atomic mass is 9.76. The maximum atomic E-state index is 12.7. The van der Waals surface area contributed by atoms with E-state index in [0.717, 1.165) is 43.2 Å². The molecule has 0 bridgehead atoms. The molecule has 0 radical (unpaired) electrons. The molecular formula is C41H40O10. The van der Waals surface area contributed by atoms with Gasteiger partial charge in [0.15, 0.2) is 0 Å². The second-order valence-electron chi connectivity index (χ2n) is 13.0. The molecule has 4 aromatic rings. The monoisotopic (exact) mass is 692 g/mol. The quantitative estimate of drug-likeness (QED) is 0.100. The van der Waals surface area contributed by atoms with Crippen LogP contribution in [-0.4, -0.2) is 36.5 Å². The molecule has 2 fully saturated rings. The van der Waals surface area contributed by atoms with Crippen LogP contribution in [-0.2, 0) is 29.0 Å². The summed E-state index contributed by atoms with van der Waals surface area (Å²) < 4.78 is 10.9. The van der Waals surface area contributed by atoms with Gasteiger partial charge in [-0.2, -0.15) is 9.59 Å². The van der Waals surface area contributed by atoms with Crippen LogP contribution < -0.4 is 0 Å². The highest BCUT2D eigenvalue weighted by molar-refractivity contribution is 5.98. The number of carbonyl (C=O) groups excluding carboxylic acids is 4. The molecule has 0 spiro atoms. The number of ether oxygens (including phenoxy) is 2. The third kappa shape index (κ3) is 9.75. The molecule has 51 heavy (non-hydrogen) atoms. The van der Waals surface area contributed by atoms with Crippen LogP contribution in [0.15, 0.2) is 109 Å². The summed E-state index contributed by atoms with van der Waals surface area (Å²) in [5.74, 6) is -0.565. The van der Waals surface area contributed by atoms with Gasteiger partial charge in [0.2, 0.25) is 0 Å². The second kappa shape index (κ2) is 17.3. The molecule has 0 amide bonds. The van der Waals surface area contributed by atoms with Crippen molar-refractivity contribution in [1.82, 2.24) is 0 Å². The van der Waals surface area contributed by atoms with Gasteiger partial charge in [-0.3, -0.25) is 0 Å². The molecule has 0 atom stereocenters. The minimum Gasteiger partial charge on any atom is -0.428 e. The Kier molecular flexibility index (Phi) is 12.0. The SMILES string of the molecule is O=C(OOC(=O)c1ccccc1-c1ccccc1)OC1CCC(CC2CCC(OC(=O)OOC(=O)c3ccccc3-c3ccccc3)CC2)CC1. The van der Waals surface area contributed by atoms with E-state index in [4.69, 9.17) is 29.0 Å². The normalized spacial score (nSPS) is 19.9. The molecule has 6 rings (SSSR count). The van der Waals surface area contributed by atoms with Gasteiger partial charge >= 0.3 is 24.2 Å². The average molecular weight is 693 g/mol. The van der Waals surface area contributed by atoms with Crippen LogP contribution >= 0.6 is 0 Å². The summed E-state index contributed by atoms with van der Waals surface area (Å²) >= 11 is 0. The Morgan fingerprint density at radius 2 is 0.784 bits per heavy atom. The molecule has 0 aliphatic heterocycles. The zero-order valence-corrected chi connectivity index (χ0v) is 28.1. The van der Waals surface area contributed by atoms with E-state index in [2.05, 4.69) is 0 Å². The number of hydrogen-bond donors (Lipinski definition) is 0. The van der Waals surface area contributed by atoms with Crippen LogP contribution in [0.25, 0.3) is 22.3 Å². The van der Waals surface area contributed by atoms with Gasteiger partial charge in [-0.25, -0.2) is 29.1 Å². The van der Waals surface area contributed by atoms with Crippen LogP contribution in [0.3, 0.4) is 0 Å². The fourth-order valence-corrected chi connectivity index (χ4v) is 7.05.